The van der Waals surface area contributed by atoms with Crippen LogP contribution in [0.25, 0.3) is 0 Å². The highest BCUT2D eigenvalue weighted by molar-refractivity contribution is 5.85. The largest absolute Gasteiger partial charge is 0.475 e. The van der Waals surface area contributed by atoms with Gasteiger partial charge in [-0.15, -0.1) is 22.6 Å². The lowest BCUT2D eigenvalue weighted by atomic mass is 10.0. The van der Waals surface area contributed by atoms with E-state index in [1.54, 1.807) is 0 Å². The topological polar surface area (TPSA) is 78.9 Å². The Morgan fingerprint density at radius 2 is 1.94 bits per heavy atom. The highest BCUT2D eigenvalue weighted by atomic mass is 35.5. The molecule has 0 aliphatic heterocycles. The Kier molecular flexibility index (Phi) is 4.23. The molecule has 0 aliphatic carbocycles. The molecule has 0 saturated heterocycles. The minimum atomic E-state index is -1.10. The number of aromatic nitrogens is 3. The van der Waals surface area contributed by atoms with Gasteiger partial charge in [-0.25, -0.2) is 4.79 Å². The van der Waals surface area contributed by atoms with Crippen molar-refractivity contribution >= 4 is 18.4 Å². The van der Waals surface area contributed by atoms with Gasteiger partial charge in [0.05, 0.1) is 0 Å². The van der Waals surface area contributed by atoms with Crippen molar-refractivity contribution in [1.29, 1.82) is 0 Å². The quantitative estimate of drug-likeness (QED) is 0.878. The van der Waals surface area contributed by atoms with Gasteiger partial charge in [0.15, 0.2) is 0 Å². The molecule has 0 radical (unpaired) electrons. The molecule has 2 aromatic rings. The van der Waals surface area contributed by atoms with Crippen LogP contribution in [0.3, 0.4) is 0 Å². The Morgan fingerprint density at radius 3 is 2.47 bits per heavy atom. The summed E-state index contributed by atoms with van der Waals surface area (Å²) < 4.78 is 0. The van der Waals surface area contributed by atoms with E-state index in [-0.39, 0.29) is 24.1 Å². The van der Waals surface area contributed by atoms with E-state index >= 15 is 0 Å². The summed E-state index contributed by atoms with van der Waals surface area (Å²) in [5, 5.41) is 16.1. The second-order valence-electron chi connectivity index (χ2n) is 3.50. The molecule has 1 aromatic carbocycles. The summed E-state index contributed by atoms with van der Waals surface area (Å²) >= 11 is 0. The van der Waals surface area contributed by atoms with Gasteiger partial charge in [0, 0.05) is 5.92 Å². The number of benzene rings is 1. The van der Waals surface area contributed by atoms with E-state index in [2.05, 4.69) is 15.2 Å². The number of carboxylic acid groups (broad SMARTS) is 1. The summed E-state index contributed by atoms with van der Waals surface area (Å²) in [6.07, 6.45) is 0. The summed E-state index contributed by atoms with van der Waals surface area (Å²) in [6, 6.07) is 9.72. The van der Waals surface area contributed by atoms with E-state index in [0.717, 1.165) is 5.56 Å². The average Bonchev–Trinajstić information content (AvgIpc) is 2.78. The van der Waals surface area contributed by atoms with Gasteiger partial charge in [0.25, 0.3) is 0 Å². The second-order valence-corrected chi connectivity index (χ2v) is 3.50. The molecule has 0 fully saturated rings. The number of halogens is 1. The number of aromatic amines is 1. The number of H-pyrrole nitrogens is 1. The van der Waals surface area contributed by atoms with E-state index in [4.69, 9.17) is 5.11 Å². The highest BCUT2D eigenvalue weighted by Gasteiger charge is 2.15. The van der Waals surface area contributed by atoms with Crippen molar-refractivity contribution in [3.8, 4) is 0 Å². The van der Waals surface area contributed by atoms with Crippen LogP contribution in [-0.4, -0.2) is 26.3 Å². The Labute approximate surface area is 104 Å². The summed E-state index contributed by atoms with van der Waals surface area (Å²) in [6.45, 7) is 1.95. The van der Waals surface area contributed by atoms with Crippen molar-refractivity contribution in [3.63, 3.8) is 0 Å². The molecule has 2 rings (SSSR count). The van der Waals surface area contributed by atoms with Crippen LogP contribution in [-0.2, 0) is 0 Å². The molecule has 0 bridgehead atoms. The van der Waals surface area contributed by atoms with E-state index < -0.39 is 5.97 Å². The van der Waals surface area contributed by atoms with Crippen molar-refractivity contribution in [2.75, 3.05) is 0 Å². The minimum absolute atomic E-state index is 0. The molecule has 1 aromatic heterocycles. The highest BCUT2D eigenvalue weighted by Crippen LogP contribution is 2.20. The van der Waals surface area contributed by atoms with Crippen LogP contribution in [0.2, 0.25) is 0 Å². The van der Waals surface area contributed by atoms with Crippen molar-refractivity contribution < 1.29 is 9.90 Å². The number of carbonyl (C=O) groups is 1. The Bertz CT molecular complexity index is 498. The van der Waals surface area contributed by atoms with Gasteiger partial charge in [-0.1, -0.05) is 37.3 Å². The summed E-state index contributed by atoms with van der Waals surface area (Å²) in [7, 11) is 0. The SMILES string of the molecule is CC(c1ccccc1)c1nnc(C(=O)O)[nH]1.Cl. The maximum atomic E-state index is 10.6. The Hall–Kier alpha value is -1.88. The van der Waals surface area contributed by atoms with Crippen LogP contribution in [0.15, 0.2) is 30.3 Å². The lowest BCUT2D eigenvalue weighted by Gasteiger charge is -2.07. The fourth-order valence-electron chi connectivity index (χ4n) is 1.47. The third kappa shape index (κ3) is 2.82. The van der Waals surface area contributed by atoms with Crippen molar-refractivity contribution in [1.82, 2.24) is 15.2 Å². The number of carboxylic acids is 1. The Balaban J connectivity index is 0.00000144. The number of rotatable bonds is 3. The molecule has 1 atom stereocenters. The maximum absolute atomic E-state index is 10.6. The first kappa shape index (κ1) is 13.2. The molecule has 17 heavy (non-hydrogen) atoms. The fourth-order valence-corrected chi connectivity index (χ4v) is 1.47. The first-order valence-electron chi connectivity index (χ1n) is 4.89. The molecular weight excluding hydrogens is 242 g/mol. The summed E-state index contributed by atoms with van der Waals surface area (Å²) in [5.74, 6) is -0.665. The van der Waals surface area contributed by atoms with Gasteiger partial charge in [-0.05, 0) is 5.56 Å². The molecule has 5 nitrogen and oxygen atoms in total. The third-order valence-corrected chi connectivity index (χ3v) is 2.42. The first-order chi connectivity index (χ1) is 7.68. The predicted molar refractivity (Wildman–Crippen MR) is 64.5 cm³/mol. The van der Waals surface area contributed by atoms with Crippen LogP contribution < -0.4 is 0 Å². The van der Waals surface area contributed by atoms with Gasteiger partial charge >= 0.3 is 5.97 Å². The van der Waals surface area contributed by atoms with Gasteiger partial charge in [0.1, 0.15) is 5.82 Å². The number of aromatic carboxylic acids is 1. The molecule has 0 saturated carbocycles. The molecule has 0 spiro atoms. The molecule has 2 N–H and O–H groups in total. The minimum Gasteiger partial charge on any atom is -0.475 e. The van der Waals surface area contributed by atoms with Gasteiger partial charge in [0.2, 0.25) is 5.82 Å². The van der Waals surface area contributed by atoms with Crippen molar-refractivity contribution in [2.45, 2.75) is 12.8 Å². The monoisotopic (exact) mass is 253 g/mol. The van der Waals surface area contributed by atoms with E-state index in [1.807, 2.05) is 37.3 Å². The van der Waals surface area contributed by atoms with Gasteiger partial charge in [-0.3, -0.25) is 0 Å². The van der Waals surface area contributed by atoms with Gasteiger partial charge < -0.3 is 10.1 Å². The number of nitrogens with one attached hydrogen (secondary N) is 1. The zero-order valence-electron chi connectivity index (χ0n) is 9.12. The van der Waals surface area contributed by atoms with Crippen LogP contribution in [0.4, 0.5) is 0 Å². The molecular formula is C11H12ClN3O2. The number of nitrogens with zero attached hydrogens (tertiary/aromatic N) is 2. The predicted octanol–water partition coefficient (Wildman–Crippen LogP) is 2.08. The number of hydrogen-bond acceptors (Lipinski definition) is 3. The van der Waals surface area contributed by atoms with Crippen LogP contribution in [0, 0.1) is 0 Å². The third-order valence-electron chi connectivity index (χ3n) is 2.42. The first-order valence-corrected chi connectivity index (χ1v) is 4.89. The second kappa shape index (κ2) is 5.45. The van der Waals surface area contributed by atoms with Crippen LogP contribution in [0.1, 0.15) is 34.8 Å². The summed E-state index contributed by atoms with van der Waals surface area (Å²) in [5.41, 5.74) is 1.07. The van der Waals surface area contributed by atoms with Crippen molar-refractivity contribution in [3.05, 3.63) is 47.5 Å². The van der Waals surface area contributed by atoms with E-state index in [1.165, 1.54) is 0 Å². The standard InChI is InChI=1S/C11H11N3O2.ClH/c1-7(8-5-3-2-4-6-8)9-12-10(11(15)16)14-13-9;/h2-7H,1H3,(H,15,16)(H,12,13,14);1H. The average molecular weight is 254 g/mol. The van der Waals surface area contributed by atoms with Gasteiger partial charge in [-0.2, -0.15) is 0 Å². The van der Waals surface area contributed by atoms with Crippen LogP contribution >= 0.6 is 12.4 Å². The fraction of sp³-hybridized carbons (Fsp3) is 0.182. The van der Waals surface area contributed by atoms with Crippen molar-refractivity contribution in [2.24, 2.45) is 0 Å². The smallest absolute Gasteiger partial charge is 0.373 e. The lowest BCUT2D eigenvalue weighted by molar-refractivity contribution is 0.0684. The summed E-state index contributed by atoms with van der Waals surface area (Å²) in [4.78, 5) is 13.3. The number of hydrogen-bond donors (Lipinski definition) is 2. The molecule has 0 amide bonds. The molecule has 90 valence electrons. The normalized spacial score (nSPS) is 11.6. The van der Waals surface area contributed by atoms with E-state index in [9.17, 15) is 4.79 Å². The maximum Gasteiger partial charge on any atom is 0.373 e. The Morgan fingerprint density at radius 1 is 1.29 bits per heavy atom. The zero-order valence-corrected chi connectivity index (χ0v) is 9.94. The molecule has 1 unspecified atom stereocenters. The zero-order chi connectivity index (χ0) is 11.5. The molecule has 1 heterocycles. The molecule has 6 heteroatoms. The van der Waals surface area contributed by atoms with Crippen LogP contribution in [0.5, 0.6) is 0 Å². The molecule has 0 aliphatic rings. The van der Waals surface area contributed by atoms with E-state index in [0.29, 0.717) is 5.82 Å². The lowest BCUT2D eigenvalue weighted by Crippen LogP contribution is -2.01.